The summed E-state index contributed by atoms with van der Waals surface area (Å²) in [4.78, 5) is 45.6. The lowest BCUT2D eigenvalue weighted by molar-refractivity contribution is -0.385. The van der Waals surface area contributed by atoms with Crippen LogP contribution < -0.4 is 5.11 Å². The molecular weight excluding hydrogens is 328 g/mol. The first-order valence-corrected chi connectivity index (χ1v) is 6.92. The molecule has 0 unspecified atom stereocenters. The molecule has 1 fully saturated rings. The van der Waals surface area contributed by atoms with Gasteiger partial charge in [0.1, 0.15) is 6.54 Å². The number of nitro groups is 1. The number of amides is 2. The molecule has 9 nitrogen and oxygen atoms in total. The van der Waals surface area contributed by atoms with Crippen molar-refractivity contribution in [3.8, 4) is 5.75 Å². The largest absolute Gasteiger partial charge is 0.872 e. The number of carbonyl (C=O) groups is 3. The molecule has 120 valence electrons. The molecule has 1 aliphatic heterocycles. The highest BCUT2D eigenvalue weighted by Crippen LogP contribution is 2.34. The molecular formula is C13H9N2O7S-. The van der Waals surface area contributed by atoms with E-state index in [0.717, 1.165) is 31.4 Å². The van der Waals surface area contributed by atoms with E-state index in [0.29, 0.717) is 16.7 Å². The predicted molar refractivity (Wildman–Crippen MR) is 77.2 cm³/mol. The van der Waals surface area contributed by atoms with Gasteiger partial charge in [0.25, 0.3) is 16.8 Å². The van der Waals surface area contributed by atoms with Gasteiger partial charge in [0.2, 0.25) is 0 Å². The number of hydrogen-bond acceptors (Lipinski definition) is 8. The zero-order valence-electron chi connectivity index (χ0n) is 11.7. The standard InChI is InChI=1S/C13H10N2O7S/c1-22-11(17)6-14-12(18)10(23-13(14)19)5-7-4-8(15(20)21)2-3-9(7)16/h2-5,16H,6H2,1H3/p-1/b10-5+. The van der Waals surface area contributed by atoms with Crippen LogP contribution in [-0.4, -0.2) is 40.6 Å². The first-order chi connectivity index (χ1) is 10.8. The highest BCUT2D eigenvalue weighted by molar-refractivity contribution is 8.18. The molecule has 2 rings (SSSR count). The SMILES string of the molecule is COC(=O)CN1C(=O)S/C(=C/c2cc([N+](=O)[O-])ccc2[O-])C1=O. The average molecular weight is 337 g/mol. The van der Waals surface area contributed by atoms with E-state index in [4.69, 9.17) is 0 Å². The fraction of sp³-hybridized carbons (Fsp3) is 0.154. The summed E-state index contributed by atoms with van der Waals surface area (Å²) < 4.78 is 4.38. The minimum absolute atomic E-state index is 0.0947. The summed E-state index contributed by atoms with van der Waals surface area (Å²) in [6.45, 7) is -0.544. The number of hydrogen-bond donors (Lipinski definition) is 0. The summed E-state index contributed by atoms with van der Waals surface area (Å²) in [5, 5.41) is 21.7. The highest BCUT2D eigenvalue weighted by atomic mass is 32.2. The van der Waals surface area contributed by atoms with Crippen molar-refractivity contribution in [3.05, 3.63) is 38.8 Å². The third kappa shape index (κ3) is 3.48. The maximum Gasteiger partial charge on any atom is 0.325 e. The van der Waals surface area contributed by atoms with E-state index in [1.54, 1.807) is 0 Å². The molecule has 1 heterocycles. The minimum atomic E-state index is -0.770. The van der Waals surface area contributed by atoms with E-state index in [1.807, 2.05) is 0 Å². The van der Waals surface area contributed by atoms with Crippen LogP contribution in [0.25, 0.3) is 6.08 Å². The number of non-ortho nitro benzene ring substituents is 1. The van der Waals surface area contributed by atoms with Gasteiger partial charge in [-0.1, -0.05) is 6.07 Å². The Balaban J connectivity index is 2.32. The topological polar surface area (TPSA) is 130 Å². The van der Waals surface area contributed by atoms with E-state index in [-0.39, 0.29) is 16.2 Å². The molecule has 1 saturated heterocycles. The minimum Gasteiger partial charge on any atom is -0.872 e. The van der Waals surface area contributed by atoms with Crippen LogP contribution in [0.5, 0.6) is 5.75 Å². The van der Waals surface area contributed by atoms with Gasteiger partial charge in [-0.15, -0.1) is 5.75 Å². The van der Waals surface area contributed by atoms with Gasteiger partial charge in [-0.3, -0.25) is 29.4 Å². The average Bonchev–Trinajstić information content (AvgIpc) is 2.76. The molecule has 0 atom stereocenters. The van der Waals surface area contributed by atoms with Gasteiger partial charge in [-0.05, 0) is 23.4 Å². The maximum absolute atomic E-state index is 12.1. The fourth-order valence-electron chi connectivity index (χ4n) is 1.73. The molecule has 0 spiro atoms. The van der Waals surface area contributed by atoms with Gasteiger partial charge in [-0.2, -0.15) is 0 Å². The Morgan fingerprint density at radius 3 is 2.74 bits per heavy atom. The number of carbonyl (C=O) groups excluding carboxylic acids is 3. The van der Waals surface area contributed by atoms with E-state index in [1.165, 1.54) is 0 Å². The van der Waals surface area contributed by atoms with Gasteiger partial charge < -0.3 is 9.84 Å². The number of methoxy groups -OCH3 is 1. The molecule has 0 aliphatic carbocycles. The number of thioether (sulfide) groups is 1. The second-order valence-electron chi connectivity index (χ2n) is 4.32. The summed E-state index contributed by atoms with van der Waals surface area (Å²) >= 11 is 0.534. The maximum atomic E-state index is 12.1. The summed E-state index contributed by atoms with van der Waals surface area (Å²) in [7, 11) is 1.12. The summed E-state index contributed by atoms with van der Waals surface area (Å²) in [6.07, 6.45) is 1.09. The van der Waals surface area contributed by atoms with Crippen molar-refractivity contribution in [1.82, 2.24) is 4.90 Å². The molecule has 23 heavy (non-hydrogen) atoms. The summed E-state index contributed by atoms with van der Waals surface area (Å²) in [5.41, 5.74) is -0.410. The number of benzene rings is 1. The molecule has 1 aliphatic rings. The zero-order chi connectivity index (χ0) is 17.1. The van der Waals surface area contributed by atoms with E-state index in [2.05, 4.69) is 4.74 Å². The van der Waals surface area contributed by atoms with Crippen LogP contribution in [0, 0.1) is 10.1 Å². The molecule has 2 amide bonds. The second kappa shape index (κ2) is 6.48. The van der Waals surface area contributed by atoms with Gasteiger partial charge >= 0.3 is 5.97 Å². The highest BCUT2D eigenvalue weighted by Gasteiger charge is 2.36. The molecule has 0 saturated carbocycles. The lowest BCUT2D eigenvalue weighted by Crippen LogP contribution is -2.34. The van der Waals surface area contributed by atoms with Gasteiger partial charge in [0, 0.05) is 12.1 Å². The number of imide groups is 1. The van der Waals surface area contributed by atoms with E-state index < -0.39 is 34.3 Å². The molecule has 0 aromatic heterocycles. The van der Waals surface area contributed by atoms with Crippen molar-refractivity contribution < 1.29 is 29.2 Å². The van der Waals surface area contributed by atoms with Crippen molar-refractivity contribution in [1.29, 1.82) is 0 Å². The molecule has 10 heteroatoms. The number of nitro benzene ring substituents is 1. The van der Waals surface area contributed by atoms with E-state index >= 15 is 0 Å². The fourth-order valence-corrected chi connectivity index (χ4v) is 2.56. The molecule has 0 radical (unpaired) electrons. The normalized spacial score (nSPS) is 16.0. The van der Waals surface area contributed by atoms with Gasteiger partial charge in [0.05, 0.1) is 16.9 Å². The van der Waals surface area contributed by atoms with Crippen LogP contribution in [0.3, 0.4) is 0 Å². The monoisotopic (exact) mass is 337 g/mol. The Morgan fingerprint density at radius 1 is 1.43 bits per heavy atom. The Labute approximate surface area is 133 Å². The molecule has 1 aromatic carbocycles. The Hall–Kier alpha value is -2.88. The number of ether oxygens (including phenoxy) is 1. The van der Waals surface area contributed by atoms with Crippen LogP contribution in [0.2, 0.25) is 0 Å². The second-order valence-corrected chi connectivity index (χ2v) is 5.32. The third-order valence-corrected chi connectivity index (χ3v) is 3.79. The van der Waals surface area contributed by atoms with Crippen LogP contribution in [0.15, 0.2) is 23.1 Å². The Morgan fingerprint density at radius 2 is 2.13 bits per heavy atom. The smallest absolute Gasteiger partial charge is 0.325 e. The lowest BCUT2D eigenvalue weighted by atomic mass is 10.1. The van der Waals surface area contributed by atoms with Crippen molar-refractivity contribution in [2.75, 3.05) is 13.7 Å². The van der Waals surface area contributed by atoms with Crippen LogP contribution in [0.4, 0.5) is 10.5 Å². The van der Waals surface area contributed by atoms with Gasteiger partial charge in [-0.25, -0.2) is 0 Å². The van der Waals surface area contributed by atoms with Crippen LogP contribution >= 0.6 is 11.8 Å². The number of rotatable bonds is 4. The van der Waals surface area contributed by atoms with E-state index in [9.17, 15) is 29.6 Å². The van der Waals surface area contributed by atoms with Crippen molar-refractivity contribution >= 4 is 40.6 Å². The first kappa shape index (κ1) is 16.5. The Bertz CT molecular complexity index is 744. The first-order valence-electron chi connectivity index (χ1n) is 6.11. The molecule has 0 N–H and O–H groups in total. The molecule has 0 bridgehead atoms. The predicted octanol–water partition coefficient (Wildman–Crippen LogP) is 0.878. The Kier molecular flexibility index (Phi) is 4.65. The van der Waals surface area contributed by atoms with Crippen LogP contribution in [0.1, 0.15) is 5.56 Å². The summed E-state index contributed by atoms with van der Waals surface area (Å²) in [6, 6.07) is 3.06. The zero-order valence-corrected chi connectivity index (χ0v) is 12.5. The lowest BCUT2D eigenvalue weighted by Gasteiger charge is -2.11. The molecule has 1 aromatic rings. The number of esters is 1. The van der Waals surface area contributed by atoms with Crippen molar-refractivity contribution in [2.24, 2.45) is 0 Å². The van der Waals surface area contributed by atoms with Crippen molar-refractivity contribution in [3.63, 3.8) is 0 Å². The van der Waals surface area contributed by atoms with Crippen molar-refractivity contribution in [2.45, 2.75) is 0 Å². The quantitative estimate of drug-likeness (QED) is 0.342. The third-order valence-electron chi connectivity index (χ3n) is 2.88. The number of nitrogens with zero attached hydrogens (tertiary/aromatic N) is 2. The summed E-state index contributed by atoms with van der Waals surface area (Å²) in [5.74, 6) is -2.07. The van der Waals surface area contributed by atoms with Gasteiger partial charge in [0.15, 0.2) is 0 Å². The van der Waals surface area contributed by atoms with Crippen LogP contribution in [-0.2, 0) is 14.3 Å².